The van der Waals surface area contributed by atoms with E-state index in [1.807, 2.05) is 18.2 Å². The normalized spacial score (nSPS) is 10.0. The van der Waals surface area contributed by atoms with Crippen molar-refractivity contribution in [3.63, 3.8) is 0 Å². The second-order valence-corrected chi connectivity index (χ2v) is 4.24. The van der Waals surface area contributed by atoms with E-state index in [4.69, 9.17) is 17.3 Å². The first-order valence-electron chi connectivity index (χ1n) is 5.66. The number of rotatable bonds is 3. The van der Waals surface area contributed by atoms with Crippen molar-refractivity contribution in [2.24, 2.45) is 5.73 Å². The van der Waals surface area contributed by atoms with Gasteiger partial charge in [0.15, 0.2) is 0 Å². The number of aromatic nitrogens is 1. The van der Waals surface area contributed by atoms with Crippen LogP contribution in [0.15, 0.2) is 42.6 Å². The monoisotopic (exact) mass is 276 g/mol. The molecule has 1 heterocycles. The molecule has 0 aliphatic rings. The molecule has 2 aromatic rings. The van der Waals surface area contributed by atoms with Crippen LogP contribution in [-0.4, -0.2) is 11.0 Å². The minimum atomic E-state index is -0.379. The minimum Gasteiger partial charge on any atom is -0.326 e. The van der Waals surface area contributed by atoms with Crippen LogP contribution in [0.3, 0.4) is 0 Å². The Morgan fingerprint density at radius 3 is 2.68 bits per heavy atom. The van der Waals surface area contributed by atoms with E-state index in [0.29, 0.717) is 23.1 Å². The molecule has 2 rings (SSSR count). The van der Waals surface area contributed by atoms with Crippen LogP contribution in [-0.2, 0) is 6.54 Å². The molecule has 0 bridgehead atoms. The quantitative estimate of drug-likeness (QED) is 0.806. The van der Waals surface area contributed by atoms with Gasteiger partial charge in [0.1, 0.15) is 5.82 Å². The van der Waals surface area contributed by atoms with Crippen LogP contribution >= 0.6 is 11.6 Å². The molecule has 1 aromatic heterocycles. The summed E-state index contributed by atoms with van der Waals surface area (Å²) in [6, 6.07) is 10.2. The van der Waals surface area contributed by atoms with Gasteiger partial charge in [-0.2, -0.15) is 0 Å². The molecule has 4 N–H and O–H groups in total. The van der Waals surface area contributed by atoms with E-state index < -0.39 is 0 Å². The molecular formula is C13H13ClN4O. The number of nitrogens with zero attached hydrogens (tertiary/aromatic N) is 1. The fraction of sp³-hybridized carbons (Fsp3) is 0.0769. The highest BCUT2D eigenvalue weighted by molar-refractivity contribution is 6.30. The highest BCUT2D eigenvalue weighted by Crippen LogP contribution is 2.15. The van der Waals surface area contributed by atoms with E-state index in [1.54, 1.807) is 18.2 Å². The van der Waals surface area contributed by atoms with Gasteiger partial charge >= 0.3 is 6.03 Å². The second kappa shape index (κ2) is 6.17. The van der Waals surface area contributed by atoms with Gasteiger partial charge in [0.05, 0.1) is 5.02 Å². The lowest BCUT2D eigenvalue weighted by Crippen LogP contribution is -2.21. The van der Waals surface area contributed by atoms with Crippen molar-refractivity contribution in [3.8, 4) is 0 Å². The van der Waals surface area contributed by atoms with Crippen LogP contribution in [0.4, 0.5) is 16.3 Å². The van der Waals surface area contributed by atoms with Crippen molar-refractivity contribution in [2.45, 2.75) is 6.54 Å². The molecule has 0 unspecified atom stereocenters. The number of hydrogen-bond donors (Lipinski definition) is 3. The maximum Gasteiger partial charge on any atom is 0.324 e. The first kappa shape index (κ1) is 13.3. The van der Waals surface area contributed by atoms with Gasteiger partial charge < -0.3 is 11.1 Å². The third-order valence-electron chi connectivity index (χ3n) is 2.45. The Morgan fingerprint density at radius 2 is 2.00 bits per heavy atom. The molecule has 0 spiro atoms. The number of anilines is 2. The summed E-state index contributed by atoms with van der Waals surface area (Å²) in [6.07, 6.45) is 1.46. The number of carbonyl (C=O) groups is 1. The third-order valence-corrected chi connectivity index (χ3v) is 2.68. The molecule has 0 saturated heterocycles. The van der Waals surface area contributed by atoms with Crippen LogP contribution in [0.2, 0.25) is 5.02 Å². The topological polar surface area (TPSA) is 80.0 Å². The average molecular weight is 277 g/mol. The van der Waals surface area contributed by atoms with E-state index in [0.717, 1.165) is 5.56 Å². The summed E-state index contributed by atoms with van der Waals surface area (Å²) in [5.74, 6) is 0.423. The van der Waals surface area contributed by atoms with Crippen molar-refractivity contribution in [3.05, 3.63) is 53.2 Å². The Morgan fingerprint density at radius 1 is 1.21 bits per heavy atom. The summed E-state index contributed by atoms with van der Waals surface area (Å²) in [5, 5.41) is 5.84. The third kappa shape index (κ3) is 3.67. The van der Waals surface area contributed by atoms with E-state index in [-0.39, 0.29) is 6.03 Å². The SMILES string of the molecule is NCc1ccccc1NC(=O)Nc1ccc(Cl)cn1. The molecule has 0 aliphatic carbocycles. The highest BCUT2D eigenvalue weighted by atomic mass is 35.5. The molecule has 1 aromatic carbocycles. The molecule has 2 amide bonds. The summed E-state index contributed by atoms with van der Waals surface area (Å²) in [7, 11) is 0. The molecule has 0 saturated carbocycles. The lowest BCUT2D eigenvalue weighted by atomic mass is 10.2. The number of hydrogen-bond acceptors (Lipinski definition) is 3. The first-order chi connectivity index (χ1) is 9.19. The summed E-state index contributed by atoms with van der Waals surface area (Å²) in [4.78, 5) is 15.8. The summed E-state index contributed by atoms with van der Waals surface area (Å²) in [6.45, 7) is 0.357. The van der Waals surface area contributed by atoms with Crippen LogP contribution in [0.25, 0.3) is 0 Å². The van der Waals surface area contributed by atoms with E-state index in [9.17, 15) is 4.79 Å². The van der Waals surface area contributed by atoms with E-state index >= 15 is 0 Å². The zero-order chi connectivity index (χ0) is 13.7. The fourth-order valence-electron chi connectivity index (χ4n) is 1.54. The predicted molar refractivity (Wildman–Crippen MR) is 76.2 cm³/mol. The van der Waals surface area contributed by atoms with E-state index in [1.165, 1.54) is 6.20 Å². The summed E-state index contributed by atoms with van der Waals surface area (Å²) in [5.41, 5.74) is 7.14. The fourth-order valence-corrected chi connectivity index (χ4v) is 1.65. The van der Waals surface area contributed by atoms with Gasteiger partial charge in [0.2, 0.25) is 0 Å². The van der Waals surface area contributed by atoms with Gasteiger partial charge in [0, 0.05) is 18.4 Å². The Balaban J connectivity index is 2.03. The molecule has 0 aliphatic heterocycles. The summed E-state index contributed by atoms with van der Waals surface area (Å²) >= 11 is 5.71. The number of urea groups is 1. The number of amides is 2. The second-order valence-electron chi connectivity index (χ2n) is 3.80. The molecule has 0 radical (unpaired) electrons. The molecule has 5 nitrogen and oxygen atoms in total. The Hall–Kier alpha value is -2.11. The first-order valence-corrected chi connectivity index (χ1v) is 6.04. The number of para-hydroxylation sites is 1. The molecule has 6 heteroatoms. The molecule has 98 valence electrons. The highest BCUT2D eigenvalue weighted by Gasteiger charge is 2.06. The zero-order valence-electron chi connectivity index (χ0n) is 10.1. The standard InChI is InChI=1S/C13H13ClN4O/c14-10-5-6-12(16-8-10)18-13(19)17-11-4-2-1-3-9(11)7-15/h1-6,8H,7,15H2,(H2,16,17,18,19). The van der Waals surface area contributed by atoms with Gasteiger partial charge in [-0.25, -0.2) is 9.78 Å². The molecule has 0 atom stereocenters. The van der Waals surface area contributed by atoms with Gasteiger partial charge in [-0.3, -0.25) is 5.32 Å². The summed E-state index contributed by atoms with van der Waals surface area (Å²) < 4.78 is 0. The van der Waals surface area contributed by atoms with Crippen molar-refractivity contribution in [2.75, 3.05) is 10.6 Å². The molecule has 0 fully saturated rings. The van der Waals surface area contributed by atoms with Gasteiger partial charge in [-0.15, -0.1) is 0 Å². The Labute approximate surface area is 115 Å². The smallest absolute Gasteiger partial charge is 0.324 e. The number of nitrogens with two attached hydrogens (primary N) is 1. The van der Waals surface area contributed by atoms with Crippen molar-refractivity contribution in [1.29, 1.82) is 0 Å². The van der Waals surface area contributed by atoms with Crippen LogP contribution in [0.5, 0.6) is 0 Å². The number of nitrogens with one attached hydrogen (secondary N) is 2. The molecule has 19 heavy (non-hydrogen) atoms. The Kier molecular flexibility index (Phi) is 4.33. The maximum absolute atomic E-state index is 11.8. The van der Waals surface area contributed by atoms with Gasteiger partial charge in [-0.1, -0.05) is 29.8 Å². The number of carbonyl (C=O) groups excluding carboxylic acids is 1. The largest absolute Gasteiger partial charge is 0.326 e. The van der Waals surface area contributed by atoms with Crippen molar-refractivity contribution < 1.29 is 4.79 Å². The lowest BCUT2D eigenvalue weighted by molar-refractivity contribution is 0.262. The molecular weight excluding hydrogens is 264 g/mol. The van der Waals surface area contributed by atoms with Crippen LogP contribution in [0, 0.1) is 0 Å². The van der Waals surface area contributed by atoms with Crippen LogP contribution in [0.1, 0.15) is 5.56 Å². The van der Waals surface area contributed by atoms with E-state index in [2.05, 4.69) is 15.6 Å². The zero-order valence-corrected chi connectivity index (χ0v) is 10.8. The number of halogens is 1. The Bertz CT molecular complexity index is 571. The van der Waals surface area contributed by atoms with Crippen LogP contribution < -0.4 is 16.4 Å². The maximum atomic E-state index is 11.8. The van der Waals surface area contributed by atoms with Crippen molar-refractivity contribution in [1.82, 2.24) is 4.98 Å². The average Bonchev–Trinajstić information content (AvgIpc) is 2.42. The number of pyridine rings is 1. The van der Waals surface area contributed by atoms with Gasteiger partial charge in [0.25, 0.3) is 0 Å². The predicted octanol–water partition coefficient (Wildman–Crippen LogP) is 2.84. The lowest BCUT2D eigenvalue weighted by Gasteiger charge is -2.10. The minimum absolute atomic E-state index is 0.357. The van der Waals surface area contributed by atoms with Crippen molar-refractivity contribution >= 4 is 29.1 Å². The number of benzene rings is 1. The van der Waals surface area contributed by atoms with Gasteiger partial charge in [-0.05, 0) is 23.8 Å².